The third-order valence-electron chi connectivity index (χ3n) is 3.26. The largest absolute Gasteiger partial charge is 0.360 e. The number of benzene rings is 1. The van der Waals surface area contributed by atoms with Gasteiger partial charge in [-0.15, -0.1) is 10.2 Å². The van der Waals surface area contributed by atoms with Crippen molar-refractivity contribution in [1.29, 1.82) is 5.26 Å². The summed E-state index contributed by atoms with van der Waals surface area (Å²) >= 11 is 8.82. The average molecular weight is 396 g/mol. The van der Waals surface area contributed by atoms with Crippen LogP contribution in [0.4, 0.5) is 10.8 Å². The summed E-state index contributed by atoms with van der Waals surface area (Å²) in [6, 6.07) is 7.50. The standard InChI is InChI=1S/C16H18ClN5OS2/c1-3-19-15-20-21-16(25-15)24-10-14(23)22(8-4-7-18)12-5-6-13(17)11(2)9-12/h5-6,9H,3-4,8,10H2,1-2H3,(H,19,20). The lowest BCUT2D eigenvalue weighted by atomic mass is 10.2. The minimum absolute atomic E-state index is 0.0813. The summed E-state index contributed by atoms with van der Waals surface area (Å²) in [7, 11) is 0. The molecule has 6 nitrogen and oxygen atoms in total. The molecule has 0 aliphatic heterocycles. The molecule has 2 rings (SSSR count). The molecule has 1 N–H and O–H groups in total. The second-order valence-electron chi connectivity index (χ2n) is 5.08. The molecule has 0 spiro atoms. The molecular weight excluding hydrogens is 378 g/mol. The number of thioether (sulfide) groups is 1. The zero-order chi connectivity index (χ0) is 18.2. The number of hydrogen-bond donors (Lipinski definition) is 1. The van der Waals surface area contributed by atoms with E-state index in [0.29, 0.717) is 11.6 Å². The molecule has 132 valence electrons. The highest BCUT2D eigenvalue weighted by atomic mass is 35.5. The summed E-state index contributed by atoms with van der Waals surface area (Å²) in [5.74, 6) is 0.149. The van der Waals surface area contributed by atoms with Gasteiger partial charge in [0.1, 0.15) is 0 Å². The predicted molar refractivity (Wildman–Crippen MR) is 104 cm³/mol. The van der Waals surface area contributed by atoms with Crippen LogP contribution in [0.2, 0.25) is 5.02 Å². The van der Waals surface area contributed by atoms with Crippen LogP contribution in [0.25, 0.3) is 0 Å². The Morgan fingerprint density at radius 2 is 2.28 bits per heavy atom. The van der Waals surface area contributed by atoms with Crippen molar-refractivity contribution in [3.63, 3.8) is 0 Å². The highest BCUT2D eigenvalue weighted by molar-refractivity contribution is 8.01. The first-order valence-corrected chi connectivity index (χ1v) is 9.86. The van der Waals surface area contributed by atoms with Crippen molar-refractivity contribution in [2.24, 2.45) is 0 Å². The van der Waals surface area contributed by atoms with Crippen LogP contribution in [0.3, 0.4) is 0 Å². The number of rotatable bonds is 8. The minimum Gasteiger partial charge on any atom is -0.360 e. The number of anilines is 2. The summed E-state index contributed by atoms with van der Waals surface area (Å²) in [5.41, 5.74) is 1.63. The van der Waals surface area contributed by atoms with Gasteiger partial charge in [0.25, 0.3) is 0 Å². The van der Waals surface area contributed by atoms with Gasteiger partial charge in [-0.05, 0) is 37.6 Å². The van der Waals surface area contributed by atoms with E-state index < -0.39 is 0 Å². The number of halogens is 1. The molecule has 0 aliphatic rings. The highest BCUT2D eigenvalue weighted by Gasteiger charge is 2.17. The molecule has 0 atom stereocenters. The number of nitrogens with zero attached hydrogens (tertiary/aromatic N) is 4. The van der Waals surface area contributed by atoms with Gasteiger partial charge in [-0.3, -0.25) is 4.79 Å². The molecule has 0 saturated carbocycles. The molecule has 0 unspecified atom stereocenters. The van der Waals surface area contributed by atoms with E-state index in [-0.39, 0.29) is 18.1 Å². The fourth-order valence-electron chi connectivity index (χ4n) is 2.05. The van der Waals surface area contributed by atoms with Crippen LogP contribution in [0.5, 0.6) is 0 Å². The number of carbonyl (C=O) groups excluding carboxylic acids is 1. The molecule has 9 heteroatoms. The van der Waals surface area contributed by atoms with Gasteiger partial charge in [-0.2, -0.15) is 5.26 Å². The Hall–Kier alpha value is -1.82. The topological polar surface area (TPSA) is 81.9 Å². The lowest BCUT2D eigenvalue weighted by molar-refractivity contribution is -0.116. The average Bonchev–Trinajstić information content (AvgIpc) is 3.04. The van der Waals surface area contributed by atoms with Crippen molar-refractivity contribution in [1.82, 2.24) is 10.2 Å². The van der Waals surface area contributed by atoms with E-state index in [1.165, 1.54) is 23.1 Å². The van der Waals surface area contributed by atoms with Crippen molar-refractivity contribution < 1.29 is 4.79 Å². The van der Waals surface area contributed by atoms with Gasteiger partial charge in [0, 0.05) is 23.8 Å². The monoisotopic (exact) mass is 395 g/mol. The number of amides is 1. The highest BCUT2D eigenvalue weighted by Crippen LogP contribution is 2.27. The van der Waals surface area contributed by atoms with Gasteiger partial charge in [0.05, 0.1) is 18.2 Å². The van der Waals surface area contributed by atoms with E-state index in [4.69, 9.17) is 16.9 Å². The van der Waals surface area contributed by atoms with E-state index >= 15 is 0 Å². The zero-order valence-corrected chi connectivity index (χ0v) is 16.3. The molecule has 2 aromatic rings. The maximum Gasteiger partial charge on any atom is 0.237 e. The number of aryl methyl sites for hydroxylation is 1. The third kappa shape index (κ3) is 5.59. The van der Waals surface area contributed by atoms with E-state index in [0.717, 1.165) is 27.3 Å². The van der Waals surface area contributed by atoms with Crippen LogP contribution in [-0.2, 0) is 4.79 Å². The van der Waals surface area contributed by atoms with Crippen LogP contribution in [-0.4, -0.2) is 34.9 Å². The number of carbonyl (C=O) groups is 1. The van der Waals surface area contributed by atoms with Gasteiger partial charge < -0.3 is 10.2 Å². The number of nitrogens with one attached hydrogen (secondary N) is 1. The second kappa shape index (κ2) is 9.61. The fourth-order valence-corrected chi connectivity index (χ4v) is 3.86. The van der Waals surface area contributed by atoms with E-state index in [1.807, 2.05) is 19.9 Å². The van der Waals surface area contributed by atoms with Crippen molar-refractivity contribution in [2.75, 3.05) is 29.1 Å². The Kier molecular flexibility index (Phi) is 7.50. The lowest BCUT2D eigenvalue weighted by Gasteiger charge is -2.22. The van der Waals surface area contributed by atoms with E-state index in [2.05, 4.69) is 21.6 Å². The van der Waals surface area contributed by atoms with Gasteiger partial charge in [-0.1, -0.05) is 34.7 Å². The second-order valence-corrected chi connectivity index (χ2v) is 7.69. The van der Waals surface area contributed by atoms with Crippen molar-refractivity contribution in [2.45, 2.75) is 24.6 Å². The molecule has 0 bridgehead atoms. The Morgan fingerprint density at radius 1 is 1.48 bits per heavy atom. The van der Waals surface area contributed by atoms with Gasteiger partial charge >= 0.3 is 0 Å². The lowest BCUT2D eigenvalue weighted by Crippen LogP contribution is -2.33. The van der Waals surface area contributed by atoms with Gasteiger partial charge in [0.2, 0.25) is 11.0 Å². The smallest absolute Gasteiger partial charge is 0.237 e. The molecule has 1 amide bonds. The quantitative estimate of drug-likeness (QED) is 0.681. The predicted octanol–water partition coefficient (Wildman–Crippen LogP) is 3.97. The van der Waals surface area contributed by atoms with Crippen LogP contribution in [0, 0.1) is 18.3 Å². The number of nitriles is 1. The van der Waals surface area contributed by atoms with Crippen molar-refractivity contribution in [3.05, 3.63) is 28.8 Å². The van der Waals surface area contributed by atoms with Gasteiger partial charge in [-0.25, -0.2) is 0 Å². The van der Waals surface area contributed by atoms with Gasteiger partial charge in [0.15, 0.2) is 4.34 Å². The van der Waals surface area contributed by atoms with E-state index in [9.17, 15) is 4.79 Å². The Labute approximate surface area is 160 Å². The SMILES string of the molecule is CCNc1nnc(SCC(=O)N(CCC#N)c2ccc(Cl)c(C)c2)s1. The zero-order valence-electron chi connectivity index (χ0n) is 14.0. The number of aromatic nitrogens is 2. The molecule has 0 aliphatic carbocycles. The first-order chi connectivity index (χ1) is 12.0. The maximum atomic E-state index is 12.7. The van der Waals surface area contributed by atoms with Crippen LogP contribution in [0.15, 0.2) is 22.5 Å². The summed E-state index contributed by atoms with van der Waals surface area (Å²) in [4.78, 5) is 14.3. The third-order valence-corrected chi connectivity index (χ3v) is 5.68. The summed E-state index contributed by atoms with van der Waals surface area (Å²) in [5, 5.41) is 21.4. The van der Waals surface area contributed by atoms with Crippen LogP contribution in [0.1, 0.15) is 18.9 Å². The fraction of sp³-hybridized carbons (Fsp3) is 0.375. The van der Waals surface area contributed by atoms with Crippen LogP contribution < -0.4 is 10.2 Å². The molecule has 25 heavy (non-hydrogen) atoms. The Morgan fingerprint density at radius 3 is 2.96 bits per heavy atom. The summed E-state index contributed by atoms with van der Waals surface area (Å²) < 4.78 is 0.733. The Bertz CT molecular complexity index is 774. The minimum atomic E-state index is -0.0813. The normalized spacial score (nSPS) is 10.3. The molecule has 1 heterocycles. The molecule has 0 radical (unpaired) electrons. The van der Waals surface area contributed by atoms with Crippen LogP contribution >= 0.6 is 34.7 Å². The Balaban J connectivity index is 2.06. The first kappa shape index (κ1) is 19.5. The molecule has 1 aromatic heterocycles. The maximum absolute atomic E-state index is 12.7. The molecule has 0 saturated heterocycles. The number of hydrogen-bond acceptors (Lipinski definition) is 7. The van der Waals surface area contributed by atoms with E-state index in [1.54, 1.807) is 17.0 Å². The first-order valence-electron chi connectivity index (χ1n) is 7.68. The summed E-state index contributed by atoms with van der Waals surface area (Å²) in [6.07, 6.45) is 0.265. The molecule has 0 fully saturated rings. The molecular formula is C16H18ClN5OS2. The van der Waals surface area contributed by atoms with Crippen molar-refractivity contribution >= 4 is 51.4 Å². The summed E-state index contributed by atoms with van der Waals surface area (Å²) in [6.45, 7) is 4.99. The molecule has 1 aromatic carbocycles. The van der Waals surface area contributed by atoms with Crippen molar-refractivity contribution in [3.8, 4) is 6.07 Å².